The van der Waals surface area contributed by atoms with Gasteiger partial charge >= 0.3 is 0 Å². The van der Waals surface area contributed by atoms with Gasteiger partial charge in [-0.15, -0.1) is 11.3 Å². The molecule has 23 heavy (non-hydrogen) atoms. The number of thioether (sulfide) groups is 1. The Hall–Kier alpha value is -1.66. The predicted molar refractivity (Wildman–Crippen MR) is 96.6 cm³/mol. The Morgan fingerprint density at radius 3 is 2.39 bits per heavy atom. The van der Waals surface area contributed by atoms with E-state index in [0.717, 1.165) is 10.0 Å². The van der Waals surface area contributed by atoms with E-state index >= 15 is 0 Å². The minimum atomic E-state index is -0.0851. The maximum atomic E-state index is 12.0. The molecule has 1 aromatic heterocycles. The second kappa shape index (κ2) is 7.27. The summed E-state index contributed by atoms with van der Waals surface area (Å²) in [5.74, 6) is 0.237. The molecule has 0 fully saturated rings. The summed E-state index contributed by atoms with van der Waals surface area (Å²) in [6.07, 6.45) is 0. The van der Waals surface area contributed by atoms with Crippen LogP contribution in [0.15, 0.2) is 34.0 Å². The third-order valence-electron chi connectivity index (χ3n) is 3.15. The van der Waals surface area contributed by atoms with Crippen LogP contribution in [0.25, 0.3) is 0 Å². The summed E-state index contributed by atoms with van der Waals surface area (Å²) >= 11 is 3.00. The van der Waals surface area contributed by atoms with Crippen LogP contribution in [0.5, 0.6) is 0 Å². The lowest BCUT2D eigenvalue weighted by Crippen LogP contribution is -2.14. The van der Waals surface area contributed by atoms with Crippen LogP contribution in [0.2, 0.25) is 0 Å². The van der Waals surface area contributed by atoms with Crippen molar-refractivity contribution in [1.82, 2.24) is 4.98 Å². The first kappa shape index (κ1) is 17.7. The highest BCUT2D eigenvalue weighted by molar-refractivity contribution is 8.01. The number of anilines is 1. The summed E-state index contributed by atoms with van der Waals surface area (Å²) in [6, 6.07) is 6.89. The van der Waals surface area contributed by atoms with Crippen LogP contribution in [-0.2, 0) is 10.2 Å². The molecule has 122 valence electrons. The van der Waals surface area contributed by atoms with E-state index in [1.165, 1.54) is 18.7 Å². The minimum Gasteiger partial charge on any atom is -0.325 e. The van der Waals surface area contributed by atoms with Crippen molar-refractivity contribution in [3.63, 3.8) is 0 Å². The second-order valence-corrected chi connectivity index (χ2v) is 8.30. The Balaban J connectivity index is 1.87. The molecule has 6 heteroatoms. The van der Waals surface area contributed by atoms with Crippen LogP contribution < -0.4 is 5.32 Å². The number of carbonyl (C=O) groups excluding carboxylic acids is 2. The topological polar surface area (TPSA) is 59.1 Å². The third-order valence-corrected chi connectivity index (χ3v) is 5.17. The lowest BCUT2D eigenvalue weighted by atomic mass is 9.93. The summed E-state index contributed by atoms with van der Waals surface area (Å²) in [5.41, 5.74) is 2.39. The number of ketones is 1. The van der Waals surface area contributed by atoms with Crippen molar-refractivity contribution in [3.8, 4) is 0 Å². The first-order valence-corrected chi connectivity index (χ1v) is 9.12. The number of benzene rings is 1. The highest BCUT2D eigenvalue weighted by Crippen LogP contribution is 2.29. The van der Waals surface area contributed by atoms with Gasteiger partial charge < -0.3 is 5.32 Å². The zero-order valence-corrected chi connectivity index (χ0v) is 15.3. The Morgan fingerprint density at radius 1 is 1.22 bits per heavy atom. The second-order valence-electron chi connectivity index (χ2n) is 6.22. The van der Waals surface area contributed by atoms with Crippen molar-refractivity contribution in [1.29, 1.82) is 0 Å². The van der Waals surface area contributed by atoms with Gasteiger partial charge in [-0.25, -0.2) is 4.98 Å². The number of nitrogens with zero attached hydrogens (tertiary/aromatic N) is 1. The Morgan fingerprint density at radius 2 is 1.87 bits per heavy atom. The SMILES string of the molecule is CC(=O)c1ccc(NC(=O)CSc2nc(C(C)(C)C)cs2)cc1. The van der Waals surface area contributed by atoms with Crippen molar-refractivity contribution in [3.05, 3.63) is 40.9 Å². The van der Waals surface area contributed by atoms with Crippen LogP contribution in [0.4, 0.5) is 5.69 Å². The molecule has 0 atom stereocenters. The van der Waals surface area contributed by atoms with Crippen molar-refractivity contribution in [2.75, 3.05) is 11.1 Å². The van der Waals surface area contributed by atoms with Crippen molar-refractivity contribution >= 4 is 40.5 Å². The van der Waals surface area contributed by atoms with E-state index in [-0.39, 0.29) is 17.1 Å². The molecule has 0 aliphatic carbocycles. The summed E-state index contributed by atoms with van der Waals surface area (Å²) in [7, 11) is 0. The first-order chi connectivity index (χ1) is 10.8. The Bertz CT molecular complexity index is 700. The van der Waals surface area contributed by atoms with Gasteiger partial charge in [0.05, 0.1) is 11.4 Å². The molecule has 4 nitrogen and oxygen atoms in total. The van der Waals surface area contributed by atoms with Gasteiger partial charge in [-0.3, -0.25) is 9.59 Å². The molecule has 0 spiro atoms. The van der Waals surface area contributed by atoms with E-state index in [1.54, 1.807) is 35.6 Å². The van der Waals surface area contributed by atoms with Gasteiger partial charge in [0.2, 0.25) is 5.91 Å². The zero-order chi connectivity index (χ0) is 17.0. The molecule has 0 saturated heterocycles. The average Bonchev–Trinajstić information content (AvgIpc) is 2.95. The molecule has 2 aromatic rings. The largest absolute Gasteiger partial charge is 0.325 e. The van der Waals surface area contributed by atoms with Crippen LogP contribution in [0, 0.1) is 0 Å². The van der Waals surface area contributed by atoms with Crippen molar-refractivity contribution in [2.24, 2.45) is 0 Å². The molecule has 0 bridgehead atoms. The van der Waals surface area contributed by atoms with Crippen LogP contribution in [0.3, 0.4) is 0 Å². The number of Topliss-reactive ketones (excluding diaryl/α,β-unsaturated/α-hetero) is 1. The quantitative estimate of drug-likeness (QED) is 0.644. The van der Waals surface area contributed by atoms with Crippen molar-refractivity contribution in [2.45, 2.75) is 37.4 Å². The smallest absolute Gasteiger partial charge is 0.234 e. The minimum absolute atomic E-state index is 0.0110. The maximum absolute atomic E-state index is 12.0. The molecule has 0 aliphatic heterocycles. The predicted octanol–water partition coefficient (Wildman–Crippen LogP) is 4.37. The molecule has 2 rings (SSSR count). The van der Waals surface area contributed by atoms with Gasteiger partial charge in [0.25, 0.3) is 0 Å². The normalized spacial score (nSPS) is 11.3. The summed E-state index contributed by atoms with van der Waals surface area (Å²) < 4.78 is 0.900. The Kier molecular flexibility index (Phi) is 5.59. The highest BCUT2D eigenvalue weighted by Gasteiger charge is 2.17. The number of thiazole rings is 1. The van der Waals surface area contributed by atoms with Gasteiger partial charge in [0.1, 0.15) is 0 Å². The molecular weight excluding hydrogens is 328 g/mol. The van der Waals surface area contributed by atoms with E-state index in [4.69, 9.17) is 0 Å². The monoisotopic (exact) mass is 348 g/mol. The number of nitrogens with one attached hydrogen (secondary N) is 1. The lowest BCUT2D eigenvalue weighted by Gasteiger charge is -2.14. The molecule has 1 N–H and O–H groups in total. The van der Waals surface area contributed by atoms with E-state index in [1.807, 2.05) is 5.38 Å². The first-order valence-electron chi connectivity index (χ1n) is 7.25. The van der Waals surface area contributed by atoms with E-state index in [0.29, 0.717) is 17.0 Å². The molecular formula is C17H20N2O2S2. The number of hydrogen-bond acceptors (Lipinski definition) is 5. The van der Waals surface area contributed by atoms with Crippen LogP contribution in [0.1, 0.15) is 43.7 Å². The van der Waals surface area contributed by atoms with Crippen LogP contribution in [-0.4, -0.2) is 22.4 Å². The van der Waals surface area contributed by atoms with Gasteiger partial charge in [-0.2, -0.15) is 0 Å². The summed E-state index contributed by atoms with van der Waals surface area (Å²) in [6.45, 7) is 7.87. The van der Waals surface area contributed by atoms with Gasteiger partial charge in [-0.1, -0.05) is 32.5 Å². The Labute approximate surface area is 144 Å². The number of aromatic nitrogens is 1. The van der Waals surface area contributed by atoms with E-state index in [2.05, 4.69) is 31.1 Å². The number of carbonyl (C=O) groups is 2. The van der Waals surface area contributed by atoms with Gasteiger partial charge in [-0.05, 0) is 31.2 Å². The number of amides is 1. The molecule has 0 aliphatic rings. The summed E-state index contributed by atoms with van der Waals surface area (Å²) in [5, 5.41) is 4.86. The highest BCUT2D eigenvalue weighted by atomic mass is 32.2. The maximum Gasteiger partial charge on any atom is 0.234 e. The number of hydrogen-bond donors (Lipinski definition) is 1. The fourth-order valence-corrected chi connectivity index (χ4v) is 3.63. The average molecular weight is 348 g/mol. The lowest BCUT2D eigenvalue weighted by molar-refractivity contribution is -0.113. The van der Waals surface area contributed by atoms with Crippen LogP contribution >= 0.6 is 23.1 Å². The fraction of sp³-hybridized carbons (Fsp3) is 0.353. The number of rotatable bonds is 5. The van der Waals surface area contributed by atoms with Crippen molar-refractivity contribution < 1.29 is 9.59 Å². The molecule has 1 aromatic carbocycles. The third kappa shape index (κ3) is 5.18. The van der Waals surface area contributed by atoms with E-state index in [9.17, 15) is 9.59 Å². The molecule has 0 saturated carbocycles. The summed E-state index contributed by atoms with van der Waals surface area (Å²) in [4.78, 5) is 27.8. The molecule has 0 radical (unpaired) electrons. The molecule has 1 amide bonds. The molecule has 1 heterocycles. The van der Waals surface area contributed by atoms with Gasteiger partial charge in [0, 0.05) is 22.0 Å². The zero-order valence-electron chi connectivity index (χ0n) is 13.7. The van der Waals surface area contributed by atoms with Gasteiger partial charge in [0.15, 0.2) is 10.1 Å². The fourth-order valence-electron chi connectivity index (χ4n) is 1.78. The standard InChI is InChI=1S/C17H20N2O2S2/c1-11(20)12-5-7-13(8-6-12)18-15(21)10-23-16-19-14(9-22-16)17(2,3)4/h5-9H,10H2,1-4H3,(H,18,21). The van der Waals surface area contributed by atoms with E-state index < -0.39 is 0 Å². The molecule has 0 unspecified atom stereocenters.